The van der Waals surface area contributed by atoms with Gasteiger partial charge in [0, 0.05) is 31.2 Å². The maximum Gasteiger partial charge on any atom is 0.270 e. The highest BCUT2D eigenvalue weighted by molar-refractivity contribution is 5.62. The Morgan fingerprint density at radius 3 is 3.17 bits per heavy atom. The van der Waals surface area contributed by atoms with Gasteiger partial charge in [-0.05, 0) is 36.6 Å². The predicted octanol–water partition coefficient (Wildman–Crippen LogP) is 0.518. The predicted molar refractivity (Wildman–Crippen MR) is 84.8 cm³/mol. The van der Waals surface area contributed by atoms with E-state index in [0.717, 1.165) is 62.6 Å². The van der Waals surface area contributed by atoms with Crippen molar-refractivity contribution in [1.29, 1.82) is 0 Å². The number of rotatable bonds is 3. The second-order valence-corrected chi connectivity index (χ2v) is 6.11. The van der Waals surface area contributed by atoms with Crippen LogP contribution in [0.1, 0.15) is 23.4 Å². The first-order valence-electron chi connectivity index (χ1n) is 8.13. The molecule has 1 saturated heterocycles. The molecule has 8 nitrogen and oxygen atoms in total. The summed E-state index contributed by atoms with van der Waals surface area (Å²) in [6, 6.07) is 2.56. The van der Waals surface area contributed by atoms with E-state index in [-0.39, 0.29) is 0 Å². The molecule has 0 amide bonds. The SMILES string of the molecule is Cc1cc2c(nc1CC1COCCN1)CCCN2c1nn[nH]n1. The number of nitrogens with zero attached hydrogens (tertiary/aromatic N) is 5. The summed E-state index contributed by atoms with van der Waals surface area (Å²) in [4.78, 5) is 7.03. The number of aromatic amines is 1. The van der Waals surface area contributed by atoms with E-state index in [9.17, 15) is 0 Å². The minimum absolute atomic E-state index is 0.352. The van der Waals surface area contributed by atoms with E-state index in [0.29, 0.717) is 12.0 Å². The normalized spacial score (nSPS) is 21.3. The second kappa shape index (κ2) is 6.21. The minimum atomic E-state index is 0.352. The van der Waals surface area contributed by atoms with Crippen LogP contribution in [0.15, 0.2) is 6.07 Å². The molecule has 2 aliphatic heterocycles. The molecular formula is C15H21N7O. The molecule has 2 aliphatic rings. The molecule has 0 spiro atoms. The van der Waals surface area contributed by atoms with Crippen molar-refractivity contribution in [3.05, 3.63) is 23.0 Å². The van der Waals surface area contributed by atoms with Crippen molar-refractivity contribution in [3.63, 3.8) is 0 Å². The summed E-state index contributed by atoms with van der Waals surface area (Å²) in [6.07, 6.45) is 2.94. The summed E-state index contributed by atoms with van der Waals surface area (Å²) in [5.41, 5.74) is 4.58. The van der Waals surface area contributed by atoms with Gasteiger partial charge in [-0.25, -0.2) is 0 Å². The van der Waals surface area contributed by atoms with Crippen LogP contribution in [0.25, 0.3) is 0 Å². The van der Waals surface area contributed by atoms with E-state index < -0.39 is 0 Å². The number of nitrogens with one attached hydrogen (secondary N) is 2. The van der Waals surface area contributed by atoms with Crippen LogP contribution in [-0.2, 0) is 17.6 Å². The number of hydrogen-bond donors (Lipinski definition) is 2. The summed E-state index contributed by atoms with van der Waals surface area (Å²) in [7, 11) is 0. The van der Waals surface area contributed by atoms with Crippen molar-refractivity contribution in [2.24, 2.45) is 0 Å². The summed E-state index contributed by atoms with van der Waals surface area (Å²) in [5.74, 6) is 0.613. The zero-order valence-electron chi connectivity index (χ0n) is 13.2. The maximum absolute atomic E-state index is 5.55. The Morgan fingerprint density at radius 2 is 2.39 bits per heavy atom. The third-order valence-corrected chi connectivity index (χ3v) is 4.47. The molecule has 1 fully saturated rings. The van der Waals surface area contributed by atoms with Crippen LogP contribution in [0, 0.1) is 6.92 Å². The van der Waals surface area contributed by atoms with E-state index in [1.807, 2.05) is 0 Å². The number of anilines is 2. The monoisotopic (exact) mass is 315 g/mol. The molecule has 4 heterocycles. The smallest absolute Gasteiger partial charge is 0.270 e. The lowest BCUT2D eigenvalue weighted by molar-refractivity contribution is 0.0766. The van der Waals surface area contributed by atoms with Crippen molar-refractivity contribution in [1.82, 2.24) is 30.9 Å². The Morgan fingerprint density at radius 1 is 1.43 bits per heavy atom. The topological polar surface area (TPSA) is 91.9 Å². The second-order valence-electron chi connectivity index (χ2n) is 6.11. The van der Waals surface area contributed by atoms with E-state index >= 15 is 0 Å². The van der Waals surface area contributed by atoms with Crippen molar-refractivity contribution in [3.8, 4) is 0 Å². The minimum Gasteiger partial charge on any atom is -0.379 e. The molecule has 0 aliphatic carbocycles. The van der Waals surface area contributed by atoms with Gasteiger partial charge < -0.3 is 15.0 Å². The fourth-order valence-corrected chi connectivity index (χ4v) is 3.29. The van der Waals surface area contributed by atoms with Gasteiger partial charge in [0.2, 0.25) is 0 Å². The number of H-pyrrole nitrogens is 1. The molecule has 4 rings (SSSR count). The number of hydrogen-bond acceptors (Lipinski definition) is 7. The van der Waals surface area contributed by atoms with Gasteiger partial charge in [-0.1, -0.05) is 5.10 Å². The van der Waals surface area contributed by atoms with Crippen LogP contribution < -0.4 is 10.2 Å². The number of ether oxygens (including phenoxy) is 1. The Labute approximate surface area is 134 Å². The highest BCUT2D eigenvalue weighted by atomic mass is 16.5. The Balaban J connectivity index is 1.62. The van der Waals surface area contributed by atoms with Crippen molar-refractivity contribution < 1.29 is 4.74 Å². The number of aryl methyl sites for hydroxylation is 2. The zero-order valence-corrected chi connectivity index (χ0v) is 13.2. The molecule has 2 N–H and O–H groups in total. The van der Waals surface area contributed by atoms with Gasteiger partial charge >= 0.3 is 0 Å². The Kier molecular flexibility index (Phi) is 3.92. The molecule has 122 valence electrons. The maximum atomic E-state index is 5.55. The van der Waals surface area contributed by atoms with Gasteiger partial charge in [0.1, 0.15) is 0 Å². The number of tetrazole rings is 1. The van der Waals surface area contributed by atoms with Crippen molar-refractivity contribution in [2.45, 2.75) is 32.2 Å². The van der Waals surface area contributed by atoms with Gasteiger partial charge in [-0.3, -0.25) is 4.98 Å². The van der Waals surface area contributed by atoms with E-state index in [1.165, 1.54) is 5.56 Å². The largest absolute Gasteiger partial charge is 0.379 e. The standard InChI is InChI=1S/C15H21N7O/c1-10-7-14-12(3-2-5-22(14)15-18-20-21-19-15)17-13(10)8-11-9-23-6-4-16-11/h7,11,16H,2-6,8-9H2,1H3,(H,18,19,20,21). The molecule has 0 aromatic carbocycles. The third kappa shape index (κ3) is 2.91. The van der Waals surface area contributed by atoms with Crippen LogP contribution in [0.5, 0.6) is 0 Å². The van der Waals surface area contributed by atoms with Gasteiger partial charge in [0.25, 0.3) is 5.95 Å². The van der Waals surface area contributed by atoms with Gasteiger partial charge in [-0.15, -0.1) is 5.10 Å². The van der Waals surface area contributed by atoms with Crippen LogP contribution in [-0.4, -0.2) is 58.0 Å². The molecule has 0 saturated carbocycles. The van der Waals surface area contributed by atoms with Crippen LogP contribution >= 0.6 is 0 Å². The number of aromatic nitrogens is 5. The van der Waals surface area contributed by atoms with E-state index in [4.69, 9.17) is 9.72 Å². The van der Waals surface area contributed by atoms with Gasteiger partial charge in [-0.2, -0.15) is 5.21 Å². The Hall–Kier alpha value is -2.06. The average molecular weight is 315 g/mol. The fourth-order valence-electron chi connectivity index (χ4n) is 3.29. The molecule has 1 unspecified atom stereocenters. The number of fused-ring (bicyclic) bond motifs is 1. The molecule has 1 atom stereocenters. The molecule has 0 bridgehead atoms. The first-order chi connectivity index (χ1) is 11.3. The van der Waals surface area contributed by atoms with Crippen LogP contribution in [0.4, 0.5) is 11.6 Å². The first kappa shape index (κ1) is 14.5. The average Bonchev–Trinajstić information content (AvgIpc) is 3.10. The van der Waals surface area contributed by atoms with Crippen molar-refractivity contribution >= 4 is 11.6 Å². The lowest BCUT2D eigenvalue weighted by Crippen LogP contribution is -2.42. The van der Waals surface area contributed by atoms with Crippen LogP contribution in [0.2, 0.25) is 0 Å². The summed E-state index contributed by atoms with van der Waals surface area (Å²) in [6.45, 7) is 5.49. The lowest BCUT2D eigenvalue weighted by atomic mass is 10.0. The summed E-state index contributed by atoms with van der Waals surface area (Å²) < 4.78 is 5.55. The van der Waals surface area contributed by atoms with Crippen molar-refractivity contribution in [2.75, 3.05) is 31.2 Å². The lowest BCUT2D eigenvalue weighted by Gasteiger charge is -2.29. The number of pyridine rings is 1. The zero-order chi connectivity index (χ0) is 15.6. The highest BCUT2D eigenvalue weighted by Gasteiger charge is 2.24. The quantitative estimate of drug-likeness (QED) is 0.853. The molecule has 8 heteroatoms. The molecular weight excluding hydrogens is 294 g/mol. The molecule has 2 aromatic rings. The first-order valence-corrected chi connectivity index (χ1v) is 8.13. The fraction of sp³-hybridized carbons (Fsp3) is 0.600. The summed E-state index contributed by atoms with van der Waals surface area (Å²) >= 11 is 0. The molecule has 0 radical (unpaired) electrons. The molecule has 23 heavy (non-hydrogen) atoms. The highest BCUT2D eigenvalue weighted by Crippen LogP contribution is 2.31. The third-order valence-electron chi connectivity index (χ3n) is 4.47. The van der Waals surface area contributed by atoms with Gasteiger partial charge in [0.15, 0.2) is 0 Å². The molecule has 2 aromatic heterocycles. The van der Waals surface area contributed by atoms with Gasteiger partial charge in [0.05, 0.1) is 24.6 Å². The summed E-state index contributed by atoms with van der Waals surface area (Å²) in [5, 5.41) is 17.9. The Bertz CT molecular complexity index is 667. The van der Waals surface area contributed by atoms with Crippen LogP contribution in [0.3, 0.4) is 0 Å². The number of morpholine rings is 1. The van der Waals surface area contributed by atoms with E-state index in [2.05, 4.69) is 43.8 Å². The van der Waals surface area contributed by atoms with E-state index in [1.54, 1.807) is 0 Å².